The number of aromatic nitrogens is 2. The zero-order chi connectivity index (χ0) is 13.1. The summed E-state index contributed by atoms with van der Waals surface area (Å²) >= 11 is 3.03. The lowest BCUT2D eigenvalue weighted by molar-refractivity contribution is -0.131. The van der Waals surface area contributed by atoms with E-state index in [2.05, 4.69) is 26.1 Å². The molecule has 0 radical (unpaired) electrons. The van der Waals surface area contributed by atoms with Crippen LogP contribution < -0.4 is 0 Å². The van der Waals surface area contributed by atoms with Crippen LogP contribution in [0.5, 0.6) is 0 Å². The van der Waals surface area contributed by atoms with Gasteiger partial charge in [-0.1, -0.05) is 0 Å². The van der Waals surface area contributed by atoms with E-state index in [0.29, 0.717) is 10.0 Å². The van der Waals surface area contributed by atoms with Crippen molar-refractivity contribution in [3.8, 4) is 11.5 Å². The van der Waals surface area contributed by atoms with Crippen LogP contribution >= 0.6 is 15.9 Å². The molecule has 0 saturated heterocycles. The van der Waals surface area contributed by atoms with Crippen LogP contribution in [0.25, 0.3) is 17.5 Å². The minimum atomic E-state index is -1.12. The largest absolute Gasteiger partial charge is 0.478 e. The quantitative estimate of drug-likeness (QED) is 0.882. The van der Waals surface area contributed by atoms with Gasteiger partial charge in [-0.25, -0.2) is 9.18 Å². The van der Waals surface area contributed by atoms with E-state index in [9.17, 15) is 9.18 Å². The summed E-state index contributed by atoms with van der Waals surface area (Å²) in [4.78, 5) is 10.3. The first-order chi connectivity index (χ1) is 8.56. The molecular weight excluding hydrogens is 307 g/mol. The average Bonchev–Trinajstić information content (AvgIpc) is 2.79. The molecular formula is C11H6BrFN2O3. The van der Waals surface area contributed by atoms with Crippen LogP contribution in [0, 0.1) is 5.82 Å². The Morgan fingerprint density at radius 2 is 2.22 bits per heavy atom. The van der Waals surface area contributed by atoms with Gasteiger partial charge in [0.1, 0.15) is 5.82 Å². The molecule has 2 aromatic rings. The number of hydrogen-bond donors (Lipinski definition) is 1. The smallest absolute Gasteiger partial charge is 0.328 e. The molecule has 1 aromatic heterocycles. The molecule has 0 spiro atoms. The highest BCUT2D eigenvalue weighted by Gasteiger charge is 2.09. The molecule has 0 amide bonds. The first kappa shape index (κ1) is 12.4. The van der Waals surface area contributed by atoms with Gasteiger partial charge in [0.2, 0.25) is 11.8 Å². The van der Waals surface area contributed by atoms with Crippen LogP contribution in [0.2, 0.25) is 0 Å². The van der Waals surface area contributed by atoms with E-state index in [-0.39, 0.29) is 11.8 Å². The molecule has 0 aliphatic rings. The molecule has 7 heteroatoms. The lowest BCUT2D eigenvalue weighted by Gasteiger charge is -1.96. The number of hydrogen-bond acceptors (Lipinski definition) is 4. The van der Waals surface area contributed by atoms with Gasteiger partial charge in [0.05, 0.1) is 4.47 Å². The Kier molecular flexibility index (Phi) is 3.52. The Labute approximate surface area is 109 Å². The highest BCUT2D eigenvalue weighted by molar-refractivity contribution is 9.10. The van der Waals surface area contributed by atoms with Crippen LogP contribution in [0.3, 0.4) is 0 Å². The Hall–Kier alpha value is -2.02. The highest BCUT2D eigenvalue weighted by Crippen LogP contribution is 2.23. The number of rotatable bonds is 3. The van der Waals surface area contributed by atoms with Gasteiger partial charge in [0, 0.05) is 17.7 Å². The van der Waals surface area contributed by atoms with Crippen molar-refractivity contribution in [2.24, 2.45) is 0 Å². The Morgan fingerprint density at radius 1 is 1.44 bits per heavy atom. The van der Waals surface area contributed by atoms with Gasteiger partial charge < -0.3 is 9.52 Å². The second-order valence-corrected chi connectivity index (χ2v) is 4.10. The summed E-state index contributed by atoms with van der Waals surface area (Å²) in [7, 11) is 0. The lowest BCUT2D eigenvalue weighted by atomic mass is 10.2. The summed E-state index contributed by atoms with van der Waals surface area (Å²) in [5.41, 5.74) is 0.415. The molecule has 18 heavy (non-hydrogen) atoms. The average molecular weight is 313 g/mol. The minimum absolute atomic E-state index is 0.0377. The van der Waals surface area contributed by atoms with Crippen molar-refractivity contribution < 1.29 is 18.7 Å². The maximum Gasteiger partial charge on any atom is 0.328 e. The van der Waals surface area contributed by atoms with Gasteiger partial charge >= 0.3 is 5.97 Å². The molecule has 0 aliphatic carbocycles. The van der Waals surface area contributed by atoms with Crippen LogP contribution in [0.15, 0.2) is 33.2 Å². The lowest BCUT2D eigenvalue weighted by Crippen LogP contribution is -1.85. The Balaban J connectivity index is 2.29. The standard InChI is InChI=1S/C11H6BrFN2O3/c12-7-2-1-6(5-8(7)13)11-15-14-9(18-11)3-4-10(16)17/h1-5H,(H,16,17)/b4-3+. The van der Waals surface area contributed by atoms with Crippen LogP contribution in [-0.4, -0.2) is 21.3 Å². The first-order valence-electron chi connectivity index (χ1n) is 4.76. The fourth-order valence-corrected chi connectivity index (χ4v) is 1.44. The van der Waals surface area contributed by atoms with Gasteiger partial charge in [0.25, 0.3) is 0 Å². The van der Waals surface area contributed by atoms with E-state index in [1.165, 1.54) is 12.1 Å². The summed E-state index contributed by atoms with van der Waals surface area (Å²) in [5, 5.41) is 15.7. The highest BCUT2D eigenvalue weighted by atomic mass is 79.9. The van der Waals surface area contributed by atoms with E-state index in [0.717, 1.165) is 12.2 Å². The first-order valence-corrected chi connectivity index (χ1v) is 5.55. The van der Waals surface area contributed by atoms with Crippen molar-refractivity contribution in [2.45, 2.75) is 0 Å². The third-order valence-electron chi connectivity index (χ3n) is 1.98. The molecule has 0 fully saturated rings. The monoisotopic (exact) mass is 312 g/mol. The topological polar surface area (TPSA) is 76.2 Å². The second-order valence-electron chi connectivity index (χ2n) is 3.25. The minimum Gasteiger partial charge on any atom is -0.478 e. The zero-order valence-corrected chi connectivity index (χ0v) is 10.4. The van der Waals surface area contributed by atoms with E-state index < -0.39 is 11.8 Å². The third kappa shape index (κ3) is 2.80. The number of carboxylic acids is 1. The summed E-state index contributed by atoms with van der Waals surface area (Å²) in [6, 6.07) is 4.36. The predicted octanol–water partition coefficient (Wildman–Crippen LogP) is 2.74. The molecule has 1 heterocycles. The van der Waals surface area contributed by atoms with Gasteiger partial charge in [-0.05, 0) is 34.1 Å². The molecule has 0 saturated carbocycles. The Morgan fingerprint density at radius 3 is 2.89 bits per heavy atom. The number of carboxylic acid groups (broad SMARTS) is 1. The van der Waals surface area contributed by atoms with Crippen LogP contribution in [0.4, 0.5) is 4.39 Å². The van der Waals surface area contributed by atoms with E-state index in [1.54, 1.807) is 6.07 Å². The molecule has 1 N–H and O–H groups in total. The fraction of sp³-hybridized carbons (Fsp3) is 0. The van der Waals surface area contributed by atoms with Gasteiger partial charge in [0.15, 0.2) is 0 Å². The summed E-state index contributed by atoms with van der Waals surface area (Å²) < 4.78 is 18.8. The molecule has 92 valence electrons. The van der Waals surface area contributed by atoms with Crippen LogP contribution in [0.1, 0.15) is 5.89 Å². The maximum atomic E-state index is 13.3. The number of benzene rings is 1. The molecule has 0 bridgehead atoms. The van der Waals surface area contributed by atoms with Gasteiger partial charge in [-0.15, -0.1) is 10.2 Å². The molecule has 0 atom stereocenters. The molecule has 0 aliphatic heterocycles. The predicted molar refractivity (Wildman–Crippen MR) is 64.1 cm³/mol. The Bertz CT molecular complexity index is 625. The van der Waals surface area contributed by atoms with E-state index in [1.807, 2.05) is 0 Å². The van der Waals surface area contributed by atoms with Gasteiger partial charge in [-0.3, -0.25) is 0 Å². The van der Waals surface area contributed by atoms with Crippen molar-refractivity contribution in [2.75, 3.05) is 0 Å². The van der Waals surface area contributed by atoms with E-state index >= 15 is 0 Å². The molecule has 0 unspecified atom stereocenters. The zero-order valence-electron chi connectivity index (χ0n) is 8.80. The number of halogens is 2. The van der Waals surface area contributed by atoms with Gasteiger partial charge in [-0.2, -0.15) is 0 Å². The summed E-state index contributed by atoms with van der Waals surface area (Å²) in [6.45, 7) is 0. The number of nitrogens with zero attached hydrogens (tertiary/aromatic N) is 2. The third-order valence-corrected chi connectivity index (χ3v) is 2.62. The molecule has 5 nitrogen and oxygen atoms in total. The summed E-state index contributed by atoms with van der Waals surface area (Å²) in [5.74, 6) is -1.42. The number of aliphatic carboxylic acids is 1. The van der Waals surface area contributed by atoms with Crippen LogP contribution in [-0.2, 0) is 4.79 Å². The number of carbonyl (C=O) groups is 1. The molecule has 2 rings (SSSR count). The summed E-state index contributed by atoms with van der Waals surface area (Å²) in [6.07, 6.45) is 2.04. The normalized spacial score (nSPS) is 11.0. The van der Waals surface area contributed by atoms with Crippen molar-refractivity contribution in [1.29, 1.82) is 0 Å². The SMILES string of the molecule is O=C(O)/C=C/c1nnc(-c2ccc(Br)c(F)c2)o1. The second kappa shape index (κ2) is 5.09. The van der Waals surface area contributed by atoms with Crippen molar-refractivity contribution >= 4 is 28.0 Å². The van der Waals surface area contributed by atoms with E-state index in [4.69, 9.17) is 9.52 Å². The van der Waals surface area contributed by atoms with Crippen molar-refractivity contribution in [3.63, 3.8) is 0 Å². The van der Waals surface area contributed by atoms with Crippen molar-refractivity contribution in [1.82, 2.24) is 10.2 Å². The van der Waals surface area contributed by atoms with Crippen molar-refractivity contribution in [3.05, 3.63) is 40.5 Å². The fourth-order valence-electron chi connectivity index (χ4n) is 1.19. The molecule has 1 aromatic carbocycles. The maximum absolute atomic E-state index is 13.3.